The average Bonchev–Trinajstić information content (AvgIpc) is 3.36. The van der Waals surface area contributed by atoms with Crippen LogP contribution >= 0.6 is 24.8 Å². The first-order chi connectivity index (χ1) is 13.1. The fourth-order valence-electron chi connectivity index (χ4n) is 3.62. The predicted molar refractivity (Wildman–Crippen MR) is 117 cm³/mol. The number of rotatable bonds is 8. The Kier molecular flexibility index (Phi) is 10.1. The molecule has 0 bridgehead atoms. The van der Waals surface area contributed by atoms with Gasteiger partial charge in [-0.3, -0.25) is 9.69 Å². The molecule has 1 aliphatic carbocycles. The van der Waals surface area contributed by atoms with E-state index < -0.39 is 5.54 Å². The smallest absolute Gasteiger partial charge is 0.252 e. The van der Waals surface area contributed by atoms with E-state index in [-0.39, 0.29) is 30.7 Å². The maximum atomic E-state index is 12.8. The van der Waals surface area contributed by atoms with Crippen LogP contribution in [0, 0.1) is 0 Å². The molecule has 7 nitrogen and oxygen atoms in total. The van der Waals surface area contributed by atoms with Crippen molar-refractivity contribution in [3.05, 3.63) is 47.1 Å². The molecule has 1 aromatic carbocycles. The molecule has 1 heterocycles. The van der Waals surface area contributed by atoms with Crippen molar-refractivity contribution >= 4 is 30.7 Å². The van der Waals surface area contributed by atoms with Gasteiger partial charge in [-0.1, -0.05) is 44.0 Å². The summed E-state index contributed by atoms with van der Waals surface area (Å²) in [5.41, 5.74) is 6.70. The molecule has 0 saturated heterocycles. The number of carbonyl (C=O) groups excluding carboxylic acids is 1. The highest BCUT2D eigenvalue weighted by Gasteiger charge is 2.41. The minimum atomic E-state index is -0.547. The molecule has 0 atom stereocenters. The van der Waals surface area contributed by atoms with Crippen LogP contribution in [0.3, 0.4) is 0 Å². The molecule has 2 aromatic rings. The van der Waals surface area contributed by atoms with Crippen LogP contribution in [0.5, 0.6) is 0 Å². The summed E-state index contributed by atoms with van der Waals surface area (Å²) in [6.07, 6.45) is 3.71. The Bertz CT molecular complexity index is 756. The van der Waals surface area contributed by atoms with E-state index >= 15 is 0 Å². The van der Waals surface area contributed by atoms with Gasteiger partial charge in [0.1, 0.15) is 5.54 Å². The molecule has 1 amide bonds. The summed E-state index contributed by atoms with van der Waals surface area (Å²) in [6.45, 7) is 7.16. The molecule has 3 rings (SSSR count). The van der Waals surface area contributed by atoms with Crippen molar-refractivity contribution in [1.29, 1.82) is 0 Å². The van der Waals surface area contributed by atoms with Gasteiger partial charge in [-0.25, -0.2) is 0 Å². The van der Waals surface area contributed by atoms with Crippen LogP contribution in [0.15, 0.2) is 28.8 Å². The molecule has 162 valence electrons. The number of halogens is 2. The molecular formula is C20H31Cl2N5O2. The van der Waals surface area contributed by atoms with Crippen LogP contribution < -0.4 is 11.1 Å². The van der Waals surface area contributed by atoms with E-state index in [1.54, 1.807) is 0 Å². The number of nitrogens with two attached hydrogens (primary N) is 1. The second kappa shape index (κ2) is 11.5. The Labute approximate surface area is 184 Å². The van der Waals surface area contributed by atoms with E-state index in [0.717, 1.165) is 44.3 Å². The highest BCUT2D eigenvalue weighted by atomic mass is 35.5. The molecule has 0 aliphatic heterocycles. The van der Waals surface area contributed by atoms with Gasteiger partial charge in [0.05, 0.1) is 6.54 Å². The van der Waals surface area contributed by atoms with Crippen molar-refractivity contribution in [3.63, 3.8) is 0 Å². The molecule has 0 spiro atoms. The Morgan fingerprint density at radius 3 is 2.34 bits per heavy atom. The second-order valence-electron chi connectivity index (χ2n) is 7.12. The maximum Gasteiger partial charge on any atom is 0.252 e. The van der Waals surface area contributed by atoms with Gasteiger partial charge in [0.2, 0.25) is 5.89 Å². The van der Waals surface area contributed by atoms with Crippen molar-refractivity contribution in [2.24, 2.45) is 5.73 Å². The van der Waals surface area contributed by atoms with E-state index in [1.807, 2.05) is 24.3 Å². The first-order valence-electron chi connectivity index (χ1n) is 9.77. The van der Waals surface area contributed by atoms with Crippen molar-refractivity contribution in [2.75, 3.05) is 13.1 Å². The third-order valence-corrected chi connectivity index (χ3v) is 5.41. The van der Waals surface area contributed by atoms with E-state index in [2.05, 4.69) is 34.2 Å². The number of hydrogen-bond donors (Lipinski definition) is 2. The largest absolute Gasteiger partial charge is 0.339 e. The number of carbonyl (C=O) groups is 1. The Morgan fingerprint density at radius 2 is 1.79 bits per heavy atom. The topological polar surface area (TPSA) is 97.3 Å². The summed E-state index contributed by atoms with van der Waals surface area (Å²) in [6, 6.07) is 7.38. The molecule has 9 heteroatoms. The Morgan fingerprint density at radius 1 is 1.17 bits per heavy atom. The third kappa shape index (κ3) is 5.92. The lowest BCUT2D eigenvalue weighted by Crippen LogP contribution is -2.44. The van der Waals surface area contributed by atoms with Gasteiger partial charge >= 0.3 is 0 Å². The lowest BCUT2D eigenvalue weighted by molar-refractivity contribution is 0.0892. The van der Waals surface area contributed by atoms with Crippen LogP contribution in [0.25, 0.3) is 0 Å². The number of nitrogens with zero attached hydrogens (tertiary/aromatic N) is 3. The number of aromatic nitrogens is 2. The van der Waals surface area contributed by atoms with Gasteiger partial charge in [0, 0.05) is 12.1 Å². The molecule has 3 N–H and O–H groups in total. The summed E-state index contributed by atoms with van der Waals surface area (Å²) < 4.78 is 5.49. The number of nitrogens with one attached hydrogen (secondary N) is 1. The minimum Gasteiger partial charge on any atom is -0.339 e. The zero-order chi connectivity index (χ0) is 19.3. The summed E-state index contributed by atoms with van der Waals surface area (Å²) >= 11 is 0. The molecule has 1 fully saturated rings. The third-order valence-electron chi connectivity index (χ3n) is 5.41. The number of hydrogen-bond acceptors (Lipinski definition) is 6. The van der Waals surface area contributed by atoms with Gasteiger partial charge in [-0.15, -0.1) is 24.8 Å². The van der Waals surface area contributed by atoms with Crippen LogP contribution in [0.2, 0.25) is 0 Å². The SMILES string of the molecule is CCN(CC)Cc1nc(C2(NC(=O)c3ccc(CN)cc3)CCCC2)no1.Cl.Cl. The van der Waals surface area contributed by atoms with Crippen LogP contribution in [0.1, 0.15) is 67.2 Å². The molecule has 1 aromatic heterocycles. The highest BCUT2D eigenvalue weighted by molar-refractivity contribution is 5.94. The van der Waals surface area contributed by atoms with Crippen molar-refractivity contribution in [1.82, 2.24) is 20.4 Å². The average molecular weight is 444 g/mol. The molecule has 29 heavy (non-hydrogen) atoms. The predicted octanol–water partition coefficient (Wildman–Crippen LogP) is 3.41. The normalized spacial score (nSPS) is 14.9. The van der Waals surface area contributed by atoms with Gasteiger partial charge in [0.25, 0.3) is 5.91 Å². The second-order valence-corrected chi connectivity index (χ2v) is 7.12. The van der Waals surface area contributed by atoms with Gasteiger partial charge < -0.3 is 15.6 Å². The van der Waals surface area contributed by atoms with E-state index in [9.17, 15) is 4.79 Å². The lowest BCUT2D eigenvalue weighted by Gasteiger charge is -2.26. The fraction of sp³-hybridized carbons (Fsp3) is 0.550. The molecule has 1 saturated carbocycles. The Hall–Kier alpha value is -1.67. The zero-order valence-corrected chi connectivity index (χ0v) is 18.7. The lowest BCUT2D eigenvalue weighted by atomic mass is 9.95. The quantitative estimate of drug-likeness (QED) is 0.648. The molecule has 0 unspecified atom stereocenters. The van der Waals surface area contributed by atoms with Crippen LogP contribution in [-0.2, 0) is 18.6 Å². The van der Waals surface area contributed by atoms with Gasteiger partial charge in [-0.05, 0) is 43.6 Å². The molecule has 0 radical (unpaired) electrons. The first kappa shape index (κ1) is 25.4. The summed E-state index contributed by atoms with van der Waals surface area (Å²) in [5, 5.41) is 7.41. The summed E-state index contributed by atoms with van der Waals surface area (Å²) in [4.78, 5) is 19.7. The maximum absolute atomic E-state index is 12.8. The number of amides is 1. The zero-order valence-electron chi connectivity index (χ0n) is 17.0. The van der Waals surface area contributed by atoms with Crippen molar-refractivity contribution in [3.8, 4) is 0 Å². The first-order valence-corrected chi connectivity index (χ1v) is 9.77. The van der Waals surface area contributed by atoms with Gasteiger partial charge in [0.15, 0.2) is 5.82 Å². The van der Waals surface area contributed by atoms with Gasteiger partial charge in [-0.2, -0.15) is 4.98 Å². The van der Waals surface area contributed by atoms with E-state index in [4.69, 9.17) is 10.3 Å². The summed E-state index contributed by atoms with van der Waals surface area (Å²) in [7, 11) is 0. The van der Waals surface area contributed by atoms with Crippen molar-refractivity contribution in [2.45, 2.75) is 58.2 Å². The Balaban J connectivity index is 0.00000210. The van der Waals surface area contributed by atoms with E-state index in [0.29, 0.717) is 30.4 Å². The molecular weight excluding hydrogens is 413 g/mol. The number of benzene rings is 1. The highest BCUT2D eigenvalue weighted by Crippen LogP contribution is 2.37. The fourth-order valence-corrected chi connectivity index (χ4v) is 3.62. The standard InChI is InChI=1S/C20H29N5O2.2ClH/c1-3-25(4-2)14-17-22-19(24-27-17)20(11-5-6-12-20)23-18(26)16-9-7-15(13-21)8-10-16;;/h7-10H,3-6,11-14,21H2,1-2H3,(H,23,26);2*1H. The van der Waals surface area contributed by atoms with Crippen molar-refractivity contribution < 1.29 is 9.32 Å². The van der Waals surface area contributed by atoms with Crippen LogP contribution in [-0.4, -0.2) is 34.0 Å². The minimum absolute atomic E-state index is 0. The van der Waals surface area contributed by atoms with Crippen LogP contribution in [0.4, 0.5) is 0 Å². The summed E-state index contributed by atoms with van der Waals surface area (Å²) in [5.74, 6) is 1.08. The van der Waals surface area contributed by atoms with E-state index in [1.165, 1.54) is 0 Å². The monoisotopic (exact) mass is 443 g/mol. The molecule has 1 aliphatic rings.